The van der Waals surface area contributed by atoms with Crippen LogP contribution in [0.5, 0.6) is 0 Å². The van der Waals surface area contributed by atoms with Crippen LogP contribution in [0.3, 0.4) is 0 Å². The number of H-pyrrole nitrogens is 1. The highest BCUT2D eigenvalue weighted by Crippen LogP contribution is 2.25. The molecular formula is C10H8ClNOS. The normalized spacial score (nSPS) is 10.7. The van der Waals surface area contributed by atoms with E-state index in [4.69, 9.17) is 11.6 Å². The lowest BCUT2D eigenvalue weighted by Crippen LogP contribution is -2.04. The van der Waals surface area contributed by atoms with Crippen LogP contribution in [0.2, 0.25) is 5.02 Å². The van der Waals surface area contributed by atoms with Crippen LogP contribution in [0.15, 0.2) is 34.0 Å². The number of rotatable bonds is 1. The SMILES string of the molecule is CSc1cc(=O)[nH]c2cc(Cl)ccc12. The molecule has 4 heteroatoms. The Morgan fingerprint density at radius 2 is 2.14 bits per heavy atom. The van der Waals surface area contributed by atoms with Gasteiger partial charge in [0.05, 0.1) is 5.52 Å². The van der Waals surface area contributed by atoms with E-state index in [-0.39, 0.29) is 5.56 Å². The molecule has 2 aromatic rings. The van der Waals surface area contributed by atoms with E-state index in [1.165, 1.54) is 0 Å². The first-order chi connectivity index (χ1) is 6.70. The zero-order valence-corrected chi connectivity index (χ0v) is 9.08. The average molecular weight is 226 g/mol. The fourth-order valence-electron chi connectivity index (χ4n) is 1.37. The van der Waals surface area contributed by atoms with Gasteiger partial charge in [0.1, 0.15) is 0 Å². The van der Waals surface area contributed by atoms with E-state index >= 15 is 0 Å². The largest absolute Gasteiger partial charge is 0.322 e. The molecule has 0 saturated heterocycles. The van der Waals surface area contributed by atoms with Crippen molar-refractivity contribution in [1.82, 2.24) is 4.98 Å². The maximum absolute atomic E-state index is 11.3. The van der Waals surface area contributed by atoms with E-state index in [9.17, 15) is 4.79 Å². The van der Waals surface area contributed by atoms with Crippen LogP contribution in [0.1, 0.15) is 0 Å². The molecule has 0 bridgehead atoms. The molecule has 2 rings (SSSR count). The number of hydrogen-bond donors (Lipinski definition) is 1. The third-order valence-corrected chi connectivity index (χ3v) is 3.00. The topological polar surface area (TPSA) is 32.9 Å². The highest BCUT2D eigenvalue weighted by atomic mass is 35.5. The van der Waals surface area contributed by atoms with Gasteiger partial charge in [-0.05, 0) is 18.4 Å². The molecule has 0 spiro atoms. The molecule has 0 atom stereocenters. The van der Waals surface area contributed by atoms with Crippen LogP contribution in [-0.2, 0) is 0 Å². The van der Waals surface area contributed by atoms with Gasteiger partial charge in [-0.3, -0.25) is 4.79 Å². The summed E-state index contributed by atoms with van der Waals surface area (Å²) >= 11 is 7.39. The first-order valence-electron chi connectivity index (χ1n) is 4.07. The smallest absolute Gasteiger partial charge is 0.249 e. The Labute approximate surface area is 90.3 Å². The highest BCUT2D eigenvalue weighted by Gasteiger charge is 2.02. The molecule has 0 radical (unpaired) electrons. The van der Waals surface area contributed by atoms with Crippen molar-refractivity contribution in [3.8, 4) is 0 Å². The van der Waals surface area contributed by atoms with Gasteiger partial charge >= 0.3 is 0 Å². The Morgan fingerprint density at radius 3 is 2.86 bits per heavy atom. The van der Waals surface area contributed by atoms with E-state index in [1.54, 1.807) is 23.9 Å². The molecule has 0 fully saturated rings. The van der Waals surface area contributed by atoms with E-state index in [1.807, 2.05) is 18.4 Å². The summed E-state index contributed by atoms with van der Waals surface area (Å²) in [6.45, 7) is 0. The van der Waals surface area contributed by atoms with Gasteiger partial charge in [0.15, 0.2) is 0 Å². The second-order valence-corrected chi connectivity index (χ2v) is 4.18. The molecule has 1 aromatic carbocycles. The predicted molar refractivity (Wildman–Crippen MR) is 61.4 cm³/mol. The predicted octanol–water partition coefficient (Wildman–Crippen LogP) is 2.90. The number of benzene rings is 1. The number of thioether (sulfide) groups is 1. The molecule has 72 valence electrons. The van der Waals surface area contributed by atoms with Crippen LogP contribution in [0.4, 0.5) is 0 Å². The standard InChI is InChI=1S/C10H8ClNOS/c1-14-9-5-10(13)12-8-4-6(11)2-3-7(8)9/h2-5H,1H3,(H,12,13). The quantitative estimate of drug-likeness (QED) is 0.757. The van der Waals surface area contributed by atoms with Crippen molar-refractivity contribution >= 4 is 34.3 Å². The minimum absolute atomic E-state index is 0.0934. The van der Waals surface area contributed by atoms with Gasteiger partial charge in [-0.1, -0.05) is 17.7 Å². The minimum Gasteiger partial charge on any atom is -0.322 e. The molecule has 1 N–H and O–H groups in total. The summed E-state index contributed by atoms with van der Waals surface area (Å²) in [5.41, 5.74) is 0.693. The summed E-state index contributed by atoms with van der Waals surface area (Å²) in [7, 11) is 0. The first kappa shape index (κ1) is 9.62. The number of nitrogens with one attached hydrogen (secondary N) is 1. The Kier molecular flexibility index (Phi) is 2.52. The maximum atomic E-state index is 11.3. The van der Waals surface area contributed by atoms with E-state index in [0.29, 0.717) is 5.02 Å². The molecule has 0 aliphatic carbocycles. The molecular weight excluding hydrogens is 218 g/mol. The lowest BCUT2D eigenvalue weighted by atomic mass is 10.2. The van der Waals surface area contributed by atoms with Gasteiger partial charge in [0, 0.05) is 21.4 Å². The molecule has 0 amide bonds. The summed E-state index contributed by atoms with van der Waals surface area (Å²) in [4.78, 5) is 15.0. The summed E-state index contributed by atoms with van der Waals surface area (Å²) in [5.74, 6) is 0. The number of hydrogen-bond acceptors (Lipinski definition) is 2. The van der Waals surface area contributed by atoms with Crippen LogP contribution in [0.25, 0.3) is 10.9 Å². The van der Waals surface area contributed by atoms with Crippen molar-refractivity contribution in [3.63, 3.8) is 0 Å². The zero-order valence-electron chi connectivity index (χ0n) is 7.50. The van der Waals surface area contributed by atoms with Crippen LogP contribution >= 0.6 is 23.4 Å². The van der Waals surface area contributed by atoms with Gasteiger partial charge < -0.3 is 4.98 Å². The van der Waals surface area contributed by atoms with Gasteiger partial charge in [0.25, 0.3) is 0 Å². The summed E-state index contributed by atoms with van der Waals surface area (Å²) in [6, 6.07) is 7.10. The number of fused-ring (bicyclic) bond motifs is 1. The third-order valence-electron chi connectivity index (χ3n) is 1.99. The third kappa shape index (κ3) is 1.65. The minimum atomic E-state index is -0.0934. The Bertz CT molecular complexity index is 535. The fraction of sp³-hybridized carbons (Fsp3) is 0.100. The lowest BCUT2D eigenvalue weighted by Gasteiger charge is -2.02. The Balaban J connectivity index is 2.87. The van der Waals surface area contributed by atoms with Crippen molar-refractivity contribution in [1.29, 1.82) is 0 Å². The Morgan fingerprint density at radius 1 is 1.36 bits per heavy atom. The number of aromatic amines is 1. The van der Waals surface area contributed by atoms with Gasteiger partial charge in [-0.15, -0.1) is 11.8 Å². The van der Waals surface area contributed by atoms with Gasteiger partial charge in [-0.25, -0.2) is 0 Å². The molecule has 0 aliphatic heterocycles. The van der Waals surface area contributed by atoms with Gasteiger partial charge in [0.2, 0.25) is 5.56 Å². The monoisotopic (exact) mass is 225 g/mol. The van der Waals surface area contributed by atoms with Crippen LogP contribution in [-0.4, -0.2) is 11.2 Å². The summed E-state index contributed by atoms with van der Waals surface area (Å²) in [5, 5.41) is 1.66. The Hall–Kier alpha value is -0.930. The molecule has 2 nitrogen and oxygen atoms in total. The van der Waals surface area contributed by atoms with Crippen molar-refractivity contribution < 1.29 is 0 Å². The van der Waals surface area contributed by atoms with Gasteiger partial charge in [-0.2, -0.15) is 0 Å². The van der Waals surface area contributed by atoms with Crippen LogP contribution < -0.4 is 5.56 Å². The summed E-state index contributed by atoms with van der Waals surface area (Å²) < 4.78 is 0. The molecule has 14 heavy (non-hydrogen) atoms. The average Bonchev–Trinajstić information content (AvgIpc) is 2.15. The van der Waals surface area contributed by atoms with Crippen LogP contribution in [0, 0.1) is 0 Å². The summed E-state index contributed by atoms with van der Waals surface area (Å²) in [6.07, 6.45) is 1.95. The second kappa shape index (κ2) is 3.67. The van der Waals surface area contributed by atoms with E-state index in [0.717, 1.165) is 15.8 Å². The first-order valence-corrected chi connectivity index (χ1v) is 5.67. The number of aromatic nitrogens is 1. The molecule has 0 aliphatic rings. The fourth-order valence-corrected chi connectivity index (χ4v) is 2.16. The number of halogens is 1. The van der Waals surface area contributed by atoms with Crippen molar-refractivity contribution in [2.45, 2.75) is 4.90 Å². The molecule has 0 unspecified atom stereocenters. The highest BCUT2D eigenvalue weighted by molar-refractivity contribution is 7.98. The van der Waals surface area contributed by atoms with Crippen molar-refractivity contribution in [3.05, 3.63) is 39.6 Å². The molecule has 1 aromatic heterocycles. The molecule has 0 saturated carbocycles. The maximum Gasteiger partial charge on any atom is 0.249 e. The lowest BCUT2D eigenvalue weighted by molar-refractivity contribution is 1.26. The van der Waals surface area contributed by atoms with Crippen molar-refractivity contribution in [2.24, 2.45) is 0 Å². The number of pyridine rings is 1. The van der Waals surface area contributed by atoms with E-state index in [2.05, 4.69) is 4.98 Å². The van der Waals surface area contributed by atoms with E-state index < -0.39 is 0 Å². The van der Waals surface area contributed by atoms with Crippen molar-refractivity contribution in [2.75, 3.05) is 6.26 Å². The molecule has 1 heterocycles. The zero-order chi connectivity index (χ0) is 10.1. The second-order valence-electron chi connectivity index (χ2n) is 2.89.